The summed E-state index contributed by atoms with van der Waals surface area (Å²) >= 11 is 0. The van der Waals surface area contributed by atoms with Crippen LogP contribution in [0.15, 0.2) is 48.5 Å². The van der Waals surface area contributed by atoms with Crippen LogP contribution in [0.4, 0.5) is 0 Å². The highest BCUT2D eigenvalue weighted by molar-refractivity contribution is 5.94. The largest absolute Gasteiger partial charge is 0.490 e. The Morgan fingerprint density at radius 2 is 1.87 bits per heavy atom. The number of carbonyl (C=O) groups excluding carboxylic acids is 2. The molecule has 0 aliphatic rings. The molecule has 23 heavy (non-hydrogen) atoms. The molecule has 5 nitrogen and oxygen atoms in total. The summed E-state index contributed by atoms with van der Waals surface area (Å²) in [4.78, 5) is 23.2. The molecule has 0 amide bonds. The van der Waals surface area contributed by atoms with E-state index in [1.165, 1.54) is 6.07 Å². The first-order valence-electron chi connectivity index (χ1n) is 7.16. The van der Waals surface area contributed by atoms with E-state index in [0.29, 0.717) is 30.8 Å². The molecule has 0 saturated heterocycles. The van der Waals surface area contributed by atoms with Crippen LogP contribution >= 0.6 is 0 Å². The maximum Gasteiger partial charge on any atom is 0.342 e. The quantitative estimate of drug-likeness (QED) is 0.426. The van der Waals surface area contributed by atoms with Crippen molar-refractivity contribution in [1.82, 2.24) is 0 Å². The molecule has 0 spiro atoms. The van der Waals surface area contributed by atoms with Crippen LogP contribution in [0.25, 0.3) is 0 Å². The van der Waals surface area contributed by atoms with E-state index in [9.17, 15) is 9.59 Å². The second kappa shape index (κ2) is 8.70. The van der Waals surface area contributed by atoms with Crippen LogP contribution in [-0.2, 0) is 16.1 Å². The molecule has 0 unspecified atom stereocenters. The van der Waals surface area contributed by atoms with Crippen molar-refractivity contribution in [3.05, 3.63) is 65.2 Å². The summed E-state index contributed by atoms with van der Waals surface area (Å²) in [5.41, 5.74) is 1.49. The number of carbonyl (C=O) groups is 2. The maximum absolute atomic E-state index is 12.3. The highest BCUT2D eigenvalue weighted by atomic mass is 16.5. The minimum absolute atomic E-state index is 0.155. The van der Waals surface area contributed by atoms with Gasteiger partial charge in [0.1, 0.15) is 30.8 Å². The molecule has 0 fully saturated rings. The maximum atomic E-state index is 12.3. The SMILES string of the molecule is COCCOc1ccc(C=O)cc1C(=O)OCc1ccccc1. The molecule has 0 aromatic heterocycles. The van der Waals surface area contributed by atoms with Gasteiger partial charge in [-0.3, -0.25) is 4.79 Å². The lowest BCUT2D eigenvalue weighted by molar-refractivity contribution is 0.0466. The van der Waals surface area contributed by atoms with Gasteiger partial charge in [-0.1, -0.05) is 30.3 Å². The minimum atomic E-state index is -0.537. The Morgan fingerprint density at radius 1 is 1.09 bits per heavy atom. The number of benzene rings is 2. The van der Waals surface area contributed by atoms with Crippen molar-refractivity contribution in [1.29, 1.82) is 0 Å². The predicted octanol–water partition coefficient (Wildman–Crippen LogP) is 2.88. The van der Waals surface area contributed by atoms with Crippen molar-refractivity contribution in [3.63, 3.8) is 0 Å². The van der Waals surface area contributed by atoms with Crippen LogP contribution in [0.3, 0.4) is 0 Å². The van der Waals surface area contributed by atoms with Crippen molar-refractivity contribution in [2.75, 3.05) is 20.3 Å². The van der Waals surface area contributed by atoms with Crippen molar-refractivity contribution in [3.8, 4) is 5.75 Å². The predicted molar refractivity (Wildman–Crippen MR) is 84.8 cm³/mol. The van der Waals surface area contributed by atoms with E-state index in [-0.39, 0.29) is 12.2 Å². The second-order valence-electron chi connectivity index (χ2n) is 4.78. The van der Waals surface area contributed by atoms with Crippen molar-refractivity contribution >= 4 is 12.3 Å². The van der Waals surface area contributed by atoms with Crippen LogP contribution in [0, 0.1) is 0 Å². The first-order valence-corrected chi connectivity index (χ1v) is 7.16. The third-order valence-corrected chi connectivity index (χ3v) is 3.12. The summed E-state index contributed by atoms with van der Waals surface area (Å²) in [6.07, 6.45) is 0.674. The van der Waals surface area contributed by atoms with Crippen molar-refractivity contribution < 1.29 is 23.8 Å². The molecule has 2 rings (SSSR count). The molecule has 0 aliphatic heterocycles. The van der Waals surface area contributed by atoms with Crippen LogP contribution in [0.2, 0.25) is 0 Å². The molecule has 0 N–H and O–H groups in total. The lowest BCUT2D eigenvalue weighted by Crippen LogP contribution is -2.11. The van der Waals surface area contributed by atoms with Gasteiger partial charge < -0.3 is 14.2 Å². The first kappa shape index (κ1) is 16.7. The molecular weight excluding hydrogens is 296 g/mol. The average molecular weight is 314 g/mol. The van der Waals surface area contributed by atoms with Gasteiger partial charge in [0, 0.05) is 12.7 Å². The zero-order valence-electron chi connectivity index (χ0n) is 12.9. The third-order valence-electron chi connectivity index (χ3n) is 3.12. The van der Waals surface area contributed by atoms with Gasteiger partial charge in [-0.2, -0.15) is 0 Å². The smallest absolute Gasteiger partial charge is 0.342 e. The average Bonchev–Trinajstić information content (AvgIpc) is 2.61. The first-order chi connectivity index (χ1) is 11.2. The van der Waals surface area contributed by atoms with E-state index in [1.807, 2.05) is 30.3 Å². The minimum Gasteiger partial charge on any atom is -0.490 e. The zero-order chi connectivity index (χ0) is 16.5. The molecule has 0 aliphatic carbocycles. The third kappa shape index (κ3) is 4.93. The summed E-state index contributed by atoms with van der Waals surface area (Å²) in [7, 11) is 1.56. The fraction of sp³-hybridized carbons (Fsp3) is 0.222. The summed E-state index contributed by atoms with van der Waals surface area (Å²) in [5, 5.41) is 0. The van der Waals surface area contributed by atoms with E-state index in [4.69, 9.17) is 14.2 Å². The highest BCUT2D eigenvalue weighted by Crippen LogP contribution is 2.21. The lowest BCUT2D eigenvalue weighted by atomic mass is 10.1. The summed E-state index contributed by atoms with van der Waals surface area (Å²) in [5.74, 6) is -0.171. The van der Waals surface area contributed by atoms with Gasteiger partial charge in [0.05, 0.1) is 6.61 Å². The zero-order valence-corrected chi connectivity index (χ0v) is 12.9. The Bertz CT molecular complexity index is 652. The van der Waals surface area contributed by atoms with Crippen LogP contribution in [0.5, 0.6) is 5.75 Å². The Labute approximate surface area is 134 Å². The molecule has 0 bridgehead atoms. The fourth-order valence-corrected chi connectivity index (χ4v) is 1.94. The van der Waals surface area contributed by atoms with E-state index < -0.39 is 5.97 Å². The molecule has 2 aromatic carbocycles. The van der Waals surface area contributed by atoms with Crippen molar-refractivity contribution in [2.45, 2.75) is 6.61 Å². The molecular formula is C18H18O5. The van der Waals surface area contributed by atoms with Gasteiger partial charge in [0.25, 0.3) is 0 Å². The molecule has 0 heterocycles. The van der Waals surface area contributed by atoms with Gasteiger partial charge in [-0.05, 0) is 23.8 Å². The van der Waals surface area contributed by atoms with Gasteiger partial charge in [-0.15, -0.1) is 0 Å². The van der Waals surface area contributed by atoms with Gasteiger partial charge in [0.15, 0.2) is 0 Å². The summed E-state index contributed by atoms with van der Waals surface area (Å²) in [6, 6.07) is 14.0. The number of aldehydes is 1. The van der Waals surface area contributed by atoms with E-state index in [2.05, 4.69) is 0 Å². The van der Waals surface area contributed by atoms with E-state index in [1.54, 1.807) is 19.2 Å². The Hall–Kier alpha value is -2.66. The fourth-order valence-electron chi connectivity index (χ4n) is 1.94. The number of hydrogen-bond donors (Lipinski definition) is 0. The highest BCUT2D eigenvalue weighted by Gasteiger charge is 2.15. The molecule has 120 valence electrons. The number of esters is 1. The van der Waals surface area contributed by atoms with Crippen LogP contribution < -0.4 is 4.74 Å². The Morgan fingerprint density at radius 3 is 2.57 bits per heavy atom. The monoisotopic (exact) mass is 314 g/mol. The van der Waals surface area contributed by atoms with Crippen LogP contribution in [-0.4, -0.2) is 32.6 Å². The summed E-state index contributed by atoms with van der Waals surface area (Å²) < 4.78 is 15.7. The summed E-state index contributed by atoms with van der Waals surface area (Å²) in [6.45, 7) is 0.854. The molecule has 0 atom stereocenters. The molecule has 0 saturated carbocycles. The number of rotatable bonds is 8. The van der Waals surface area contributed by atoms with Crippen LogP contribution in [0.1, 0.15) is 26.3 Å². The Balaban J connectivity index is 2.10. The van der Waals surface area contributed by atoms with E-state index >= 15 is 0 Å². The normalized spacial score (nSPS) is 10.1. The molecule has 0 radical (unpaired) electrons. The van der Waals surface area contributed by atoms with Gasteiger partial charge in [0.2, 0.25) is 0 Å². The van der Waals surface area contributed by atoms with Crippen molar-refractivity contribution in [2.24, 2.45) is 0 Å². The second-order valence-corrected chi connectivity index (χ2v) is 4.78. The number of hydrogen-bond acceptors (Lipinski definition) is 5. The molecule has 5 heteroatoms. The molecule has 2 aromatic rings. The number of methoxy groups -OCH3 is 1. The number of ether oxygens (including phenoxy) is 3. The van der Waals surface area contributed by atoms with Gasteiger partial charge in [-0.25, -0.2) is 4.79 Å². The standard InChI is InChI=1S/C18H18O5/c1-21-9-10-22-17-8-7-15(12-19)11-16(17)18(20)23-13-14-5-3-2-4-6-14/h2-8,11-12H,9-10,13H2,1H3. The van der Waals surface area contributed by atoms with Gasteiger partial charge >= 0.3 is 5.97 Å². The topological polar surface area (TPSA) is 61.8 Å². The van der Waals surface area contributed by atoms with E-state index in [0.717, 1.165) is 5.56 Å². The lowest BCUT2D eigenvalue weighted by Gasteiger charge is -2.11. The Kier molecular flexibility index (Phi) is 6.32.